The van der Waals surface area contributed by atoms with Crippen molar-refractivity contribution in [2.45, 2.75) is 66.5 Å². The van der Waals surface area contributed by atoms with Crippen LogP contribution in [0.15, 0.2) is 37.4 Å². The van der Waals surface area contributed by atoms with Gasteiger partial charge in [-0.05, 0) is 105 Å². The number of aliphatic carboxylic acids is 1. The summed E-state index contributed by atoms with van der Waals surface area (Å²) in [5, 5.41) is 12.3. The van der Waals surface area contributed by atoms with E-state index in [1.165, 1.54) is 0 Å². The van der Waals surface area contributed by atoms with E-state index in [9.17, 15) is 14.7 Å². The van der Waals surface area contributed by atoms with E-state index in [4.69, 9.17) is 15.7 Å². The minimum Gasteiger partial charge on any atom is -0.481 e. The number of hydrogen-bond acceptors (Lipinski definition) is 5. The Hall–Kier alpha value is -5.02. The number of carboxylic acids is 1. The number of allylic oxidation sites excluding steroid dienone is 4. The van der Waals surface area contributed by atoms with E-state index in [1.54, 1.807) is 6.92 Å². The van der Waals surface area contributed by atoms with Crippen LogP contribution in [0.4, 0.5) is 0 Å². The number of carboxylic acid groups (broad SMARTS) is 1. The zero-order valence-electron chi connectivity index (χ0n) is 26.5. The minimum absolute atomic E-state index is 0.0257. The molecule has 5 rings (SSSR count). The molecule has 3 aromatic heterocycles. The predicted molar refractivity (Wildman–Crippen MR) is 184 cm³/mol. The highest BCUT2D eigenvalue weighted by molar-refractivity contribution is 5.97. The second-order valence-corrected chi connectivity index (χ2v) is 11.7. The number of carbonyl (C=O) groups is 2. The molecule has 9 heteroatoms. The van der Waals surface area contributed by atoms with Gasteiger partial charge in [0.25, 0.3) is 0 Å². The molecular formula is C36H40N6O3. The number of nitrogens with zero attached hydrogens (tertiary/aromatic N) is 2. The van der Waals surface area contributed by atoms with Gasteiger partial charge >= 0.3 is 5.97 Å². The van der Waals surface area contributed by atoms with Crippen molar-refractivity contribution in [1.82, 2.24) is 25.3 Å². The van der Waals surface area contributed by atoms with E-state index < -0.39 is 12.1 Å². The van der Waals surface area contributed by atoms with Gasteiger partial charge in [-0.2, -0.15) is 0 Å². The lowest BCUT2D eigenvalue weighted by Gasteiger charge is -2.09. The fraction of sp³-hybridized carbons (Fsp3) is 0.278. The van der Waals surface area contributed by atoms with Gasteiger partial charge in [0.1, 0.15) is 0 Å². The maximum absolute atomic E-state index is 12.6. The molecule has 0 fully saturated rings. The van der Waals surface area contributed by atoms with Gasteiger partial charge in [-0.3, -0.25) is 9.59 Å². The van der Waals surface area contributed by atoms with Crippen LogP contribution >= 0.6 is 0 Å². The molecule has 5 heterocycles. The smallest absolute Gasteiger partial charge is 0.303 e. The van der Waals surface area contributed by atoms with Crippen LogP contribution < -0.4 is 11.1 Å². The minimum atomic E-state index is -0.876. The molecule has 0 saturated heterocycles. The quantitative estimate of drug-likeness (QED) is 0.164. The first-order valence-corrected chi connectivity index (χ1v) is 15.1. The largest absolute Gasteiger partial charge is 0.481 e. The molecule has 0 aromatic carbocycles. The summed E-state index contributed by atoms with van der Waals surface area (Å²) in [5.41, 5.74) is 20.0. The molecule has 1 unspecified atom stereocenters. The lowest BCUT2D eigenvalue weighted by atomic mass is 9.98. The average molecular weight is 605 g/mol. The van der Waals surface area contributed by atoms with Gasteiger partial charge in [-0.15, -0.1) is 0 Å². The third kappa shape index (κ3) is 6.17. The topological polar surface area (TPSA) is 150 Å². The number of aromatic nitrogens is 4. The van der Waals surface area contributed by atoms with Crippen molar-refractivity contribution in [3.05, 3.63) is 82.5 Å². The first-order valence-electron chi connectivity index (χ1n) is 15.1. The molecule has 8 bridgehead atoms. The summed E-state index contributed by atoms with van der Waals surface area (Å²) < 4.78 is 0. The normalized spacial score (nSPS) is 13.6. The number of fused-ring (bicyclic) bond motifs is 8. The lowest BCUT2D eigenvalue weighted by Crippen LogP contribution is -2.38. The van der Waals surface area contributed by atoms with Crippen molar-refractivity contribution in [3.63, 3.8) is 0 Å². The van der Waals surface area contributed by atoms with E-state index in [0.717, 1.165) is 78.0 Å². The van der Waals surface area contributed by atoms with Crippen LogP contribution in [0.5, 0.6) is 0 Å². The summed E-state index contributed by atoms with van der Waals surface area (Å²) >= 11 is 0. The highest BCUT2D eigenvalue weighted by Gasteiger charge is 2.23. The first kappa shape index (κ1) is 31.4. The number of H-pyrrole nitrogens is 2. The number of hydrogen-bond donors (Lipinski definition) is 5. The van der Waals surface area contributed by atoms with Crippen molar-refractivity contribution >= 4 is 68.4 Å². The van der Waals surface area contributed by atoms with Gasteiger partial charge < -0.3 is 26.1 Å². The molecule has 45 heavy (non-hydrogen) atoms. The van der Waals surface area contributed by atoms with Crippen molar-refractivity contribution in [2.24, 2.45) is 5.73 Å². The summed E-state index contributed by atoms with van der Waals surface area (Å²) in [7, 11) is 0. The van der Waals surface area contributed by atoms with Crippen LogP contribution in [-0.2, 0) is 9.59 Å². The van der Waals surface area contributed by atoms with Crippen molar-refractivity contribution in [1.29, 1.82) is 0 Å². The number of rotatable bonds is 9. The zero-order chi connectivity index (χ0) is 32.6. The molecule has 232 valence electrons. The fourth-order valence-corrected chi connectivity index (χ4v) is 6.10. The molecule has 2 aliphatic rings. The number of aromatic amines is 2. The Morgan fingerprint density at radius 2 is 1.27 bits per heavy atom. The summed E-state index contributed by atoms with van der Waals surface area (Å²) in [4.78, 5) is 41.4. The van der Waals surface area contributed by atoms with Crippen LogP contribution in [0.25, 0.3) is 56.5 Å². The molecule has 0 saturated carbocycles. The molecule has 0 spiro atoms. The third-order valence-corrected chi connectivity index (χ3v) is 8.62. The van der Waals surface area contributed by atoms with Gasteiger partial charge in [0.15, 0.2) is 0 Å². The van der Waals surface area contributed by atoms with E-state index >= 15 is 0 Å². The van der Waals surface area contributed by atoms with Gasteiger partial charge in [0.05, 0.1) is 28.9 Å². The van der Waals surface area contributed by atoms with Gasteiger partial charge in [-0.25, -0.2) is 9.97 Å². The van der Waals surface area contributed by atoms with Crippen LogP contribution in [0.1, 0.15) is 91.5 Å². The highest BCUT2D eigenvalue weighted by atomic mass is 16.4. The summed E-state index contributed by atoms with van der Waals surface area (Å²) in [5.74, 6) is -1.02. The second kappa shape index (κ2) is 12.5. The summed E-state index contributed by atoms with van der Waals surface area (Å²) in [6.07, 6.45) is 4.23. The summed E-state index contributed by atoms with van der Waals surface area (Å²) in [6, 6.07) is 8.02. The average Bonchev–Trinajstić information content (AvgIpc) is 3.63. The molecule has 2 aliphatic heterocycles. The number of amides is 1. The monoisotopic (exact) mass is 604 g/mol. The Morgan fingerprint density at radius 1 is 0.800 bits per heavy atom. The van der Waals surface area contributed by atoms with E-state index in [0.29, 0.717) is 24.2 Å². The van der Waals surface area contributed by atoms with Crippen LogP contribution in [-0.4, -0.2) is 43.1 Å². The highest BCUT2D eigenvalue weighted by Crippen LogP contribution is 2.38. The fourth-order valence-electron chi connectivity index (χ4n) is 6.10. The Bertz CT molecular complexity index is 1990. The van der Waals surface area contributed by atoms with Crippen molar-refractivity contribution in [2.75, 3.05) is 0 Å². The number of nitrogens with two attached hydrogens (primary N) is 1. The maximum Gasteiger partial charge on any atom is 0.303 e. The standard InChI is InChI=1S/C36H40N6O3/c1-8-23-18(3)27-14-28-20(5)25(10-12-35(43)38-22(7)37)33(41-28)17-34-26(11-13-36(44)45)21(6)30(42-34)16-32-24(9-2)19(4)29(40-32)15-31(23)39-27/h8-9,14-17,22,39-40H,1-2,10-13,37H2,3-7H3,(H,38,43)(H,44,45). The van der Waals surface area contributed by atoms with Gasteiger partial charge in [-0.1, -0.05) is 25.3 Å². The SMILES string of the molecule is C=Cc1c(C)c2cc3[nH]c(cc4nc(cc5nc(cc1[nH]2)C(C)=C5CCC(=O)O)C(CCC(=O)NC(C)N)=C4C)c(C)c3C=C. The molecule has 9 nitrogen and oxygen atoms in total. The number of aryl methyl sites for hydroxylation is 2. The van der Waals surface area contributed by atoms with Crippen LogP contribution in [0, 0.1) is 13.8 Å². The second-order valence-electron chi connectivity index (χ2n) is 11.7. The Morgan fingerprint density at radius 3 is 1.76 bits per heavy atom. The Balaban J connectivity index is 1.86. The molecule has 3 aromatic rings. The molecule has 0 aliphatic carbocycles. The first-order chi connectivity index (χ1) is 21.4. The van der Waals surface area contributed by atoms with Gasteiger partial charge in [0, 0.05) is 46.0 Å². The van der Waals surface area contributed by atoms with E-state index in [1.807, 2.05) is 44.2 Å². The Labute approximate surface area is 262 Å². The Kier molecular flexibility index (Phi) is 8.75. The van der Waals surface area contributed by atoms with Crippen LogP contribution in [0.3, 0.4) is 0 Å². The summed E-state index contributed by atoms with van der Waals surface area (Å²) in [6.45, 7) is 18.0. The van der Waals surface area contributed by atoms with Crippen molar-refractivity contribution in [3.8, 4) is 0 Å². The van der Waals surface area contributed by atoms with Crippen LogP contribution in [0.2, 0.25) is 0 Å². The van der Waals surface area contributed by atoms with Gasteiger partial charge in [0.2, 0.25) is 5.91 Å². The predicted octanol–water partition coefficient (Wildman–Crippen LogP) is 7.14. The lowest BCUT2D eigenvalue weighted by molar-refractivity contribution is -0.136. The molecule has 0 radical (unpaired) electrons. The molecular weight excluding hydrogens is 564 g/mol. The third-order valence-electron chi connectivity index (χ3n) is 8.62. The maximum atomic E-state index is 12.6. The number of carbonyl (C=O) groups excluding carboxylic acids is 1. The van der Waals surface area contributed by atoms with Crippen molar-refractivity contribution < 1.29 is 14.7 Å². The van der Waals surface area contributed by atoms with E-state index in [2.05, 4.69) is 48.4 Å². The number of nitrogens with one attached hydrogen (secondary N) is 3. The molecule has 6 N–H and O–H groups in total. The van der Waals surface area contributed by atoms with E-state index in [-0.39, 0.29) is 18.7 Å². The molecule has 1 atom stereocenters. The zero-order valence-corrected chi connectivity index (χ0v) is 26.5. The molecule has 1 amide bonds.